The number of rotatable bonds is 9. The molecular weight excluding hydrogens is 388 g/mol. The van der Waals surface area contributed by atoms with Crippen LogP contribution in [-0.2, 0) is 26.8 Å². The third-order valence-corrected chi connectivity index (χ3v) is 5.56. The van der Waals surface area contributed by atoms with Crippen molar-refractivity contribution in [1.82, 2.24) is 9.62 Å². The summed E-state index contributed by atoms with van der Waals surface area (Å²) in [6.07, 6.45) is 1.11. The minimum Gasteiger partial charge on any atom is -0.491 e. The molecule has 2 rings (SSSR count). The number of amides is 1. The Labute approximate surface area is 173 Å². The highest BCUT2D eigenvalue weighted by molar-refractivity contribution is 7.88. The van der Waals surface area contributed by atoms with Gasteiger partial charge >= 0.3 is 0 Å². The van der Waals surface area contributed by atoms with Crippen molar-refractivity contribution in [3.05, 3.63) is 65.7 Å². The summed E-state index contributed by atoms with van der Waals surface area (Å²) in [7, 11) is -3.51. The van der Waals surface area contributed by atoms with E-state index < -0.39 is 10.0 Å². The van der Waals surface area contributed by atoms with Gasteiger partial charge in [0.1, 0.15) is 12.4 Å². The molecule has 0 aromatic heterocycles. The summed E-state index contributed by atoms with van der Waals surface area (Å²) >= 11 is 0. The van der Waals surface area contributed by atoms with E-state index in [-0.39, 0.29) is 24.4 Å². The maximum Gasteiger partial charge on any atom is 0.235 e. The van der Waals surface area contributed by atoms with Crippen molar-refractivity contribution in [3.63, 3.8) is 0 Å². The zero-order valence-electron chi connectivity index (χ0n) is 17.5. The van der Waals surface area contributed by atoms with Gasteiger partial charge in [-0.3, -0.25) is 4.79 Å². The summed E-state index contributed by atoms with van der Waals surface area (Å²) in [6, 6.07) is 17.0. The van der Waals surface area contributed by atoms with Crippen molar-refractivity contribution in [1.29, 1.82) is 0 Å². The molecule has 0 unspecified atom stereocenters. The van der Waals surface area contributed by atoms with Gasteiger partial charge in [0, 0.05) is 6.54 Å². The number of carbonyl (C=O) groups excluding carboxylic acids is 1. The monoisotopic (exact) mass is 418 g/mol. The van der Waals surface area contributed by atoms with Crippen LogP contribution in [0.15, 0.2) is 54.6 Å². The van der Waals surface area contributed by atoms with Gasteiger partial charge in [0.15, 0.2) is 0 Å². The second kappa shape index (κ2) is 9.89. The third-order valence-electron chi connectivity index (χ3n) is 4.37. The van der Waals surface area contributed by atoms with Crippen LogP contribution in [0.4, 0.5) is 0 Å². The maximum absolute atomic E-state index is 12.3. The molecule has 0 bridgehead atoms. The molecule has 6 nitrogen and oxygen atoms in total. The van der Waals surface area contributed by atoms with Gasteiger partial charge in [-0.05, 0) is 22.6 Å². The first-order chi connectivity index (χ1) is 13.6. The van der Waals surface area contributed by atoms with Crippen LogP contribution in [0, 0.1) is 0 Å². The van der Waals surface area contributed by atoms with Gasteiger partial charge in [-0.1, -0.05) is 69.3 Å². The number of ether oxygens (including phenoxy) is 1. The number of nitrogens with zero attached hydrogens (tertiary/aromatic N) is 1. The molecule has 0 spiro atoms. The quantitative estimate of drug-likeness (QED) is 0.636. The van der Waals surface area contributed by atoms with E-state index in [1.807, 2.05) is 54.6 Å². The minimum atomic E-state index is -3.51. The normalized spacial score (nSPS) is 12.0. The molecule has 2 aromatic rings. The Morgan fingerprint density at radius 2 is 1.66 bits per heavy atom. The van der Waals surface area contributed by atoms with E-state index in [0.29, 0.717) is 13.2 Å². The molecule has 0 saturated heterocycles. The molecule has 1 amide bonds. The predicted octanol–water partition coefficient (Wildman–Crippen LogP) is 2.94. The third kappa shape index (κ3) is 7.51. The summed E-state index contributed by atoms with van der Waals surface area (Å²) in [5.74, 6) is 0.426. The Bertz CT molecular complexity index is 906. The fourth-order valence-electron chi connectivity index (χ4n) is 2.86. The SMILES string of the molecule is CC(C)(C)c1ccccc1OCCNC(=O)CN(Cc1ccccc1)S(C)(=O)=O. The number of benzene rings is 2. The van der Waals surface area contributed by atoms with Crippen molar-refractivity contribution < 1.29 is 17.9 Å². The van der Waals surface area contributed by atoms with Crippen molar-refractivity contribution in [2.24, 2.45) is 0 Å². The first-order valence-corrected chi connectivity index (χ1v) is 11.4. The van der Waals surface area contributed by atoms with Crippen LogP contribution < -0.4 is 10.1 Å². The molecule has 1 N–H and O–H groups in total. The van der Waals surface area contributed by atoms with Gasteiger partial charge in [0.05, 0.1) is 19.3 Å². The van der Waals surface area contributed by atoms with Gasteiger partial charge in [-0.2, -0.15) is 4.31 Å². The molecule has 0 atom stereocenters. The maximum atomic E-state index is 12.3. The highest BCUT2D eigenvalue weighted by atomic mass is 32.2. The average molecular weight is 419 g/mol. The number of hydrogen-bond acceptors (Lipinski definition) is 4. The molecule has 158 valence electrons. The summed E-state index contributed by atoms with van der Waals surface area (Å²) in [5, 5.41) is 2.73. The number of para-hydroxylation sites is 1. The molecule has 0 radical (unpaired) electrons. The molecule has 7 heteroatoms. The van der Waals surface area contributed by atoms with Crippen LogP contribution >= 0.6 is 0 Å². The van der Waals surface area contributed by atoms with Crippen LogP contribution in [0.1, 0.15) is 31.9 Å². The Morgan fingerprint density at radius 1 is 1.03 bits per heavy atom. The smallest absolute Gasteiger partial charge is 0.235 e. The van der Waals surface area contributed by atoms with Crippen molar-refractivity contribution in [2.75, 3.05) is 26.0 Å². The Balaban J connectivity index is 1.87. The molecule has 0 aliphatic heterocycles. The molecule has 2 aromatic carbocycles. The number of hydrogen-bond donors (Lipinski definition) is 1. The lowest BCUT2D eigenvalue weighted by Gasteiger charge is -2.23. The van der Waals surface area contributed by atoms with Crippen molar-refractivity contribution in [2.45, 2.75) is 32.7 Å². The standard InChI is InChI=1S/C22H30N2O4S/c1-22(2,3)19-12-8-9-13-20(19)28-15-14-23-21(25)17-24(29(4,26)27)16-18-10-6-5-7-11-18/h5-13H,14-17H2,1-4H3,(H,23,25). The average Bonchev–Trinajstić information content (AvgIpc) is 2.64. The van der Waals surface area contributed by atoms with E-state index in [1.54, 1.807) is 0 Å². The van der Waals surface area contributed by atoms with Crippen LogP contribution in [-0.4, -0.2) is 44.6 Å². The lowest BCUT2D eigenvalue weighted by molar-refractivity contribution is -0.121. The van der Waals surface area contributed by atoms with E-state index in [4.69, 9.17) is 4.74 Å². The molecule has 0 fully saturated rings. The summed E-state index contributed by atoms with van der Waals surface area (Å²) in [6.45, 7) is 6.86. The molecule has 29 heavy (non-hydrogen) atoms. The van der Waals surface area contributed by atoms with E-state index >= 15 is 0 Å². The Morgan fingerprint density at radius 3 is 2.28 bits per heavy atom. The van der Waals surface area contributed by atoms with E-state index in [2.05, 4.69) is 26.1 Å². The first-order valence-electron chi connectivity index (χ1n) is 9.55. The van der Waals surface area contributed by atoms with Gasteiger partial charge in [-0.25, -0.2) is 8.42 Å². The minimum absolute atomic E-state index is 0.0483. The van der Waals surface area contributed by atoms with Crippen LogP contribution in [0.5, 0.6) is 5.75 Å². The fraction of sp³-hybridized carbons (Fsp3) is 0.409. The van der Waals surface area contributed by atoms with Gasteiger partial charge in [-0.15, -0.1) is 0 Å². The first kappa shape index (κ1) is 22.9. The van der Waals surface area contributed by atoms with Crippen molar-refractivity contribution >= 4 is 15.9 Å². The number of carbonyl (C=O) groups is 1. The predicted molar refractivity (Wildman–Crippen MR) is 115 cm³/mol. The van der Waals surface area contributed by atoms with Gasteiger partial charge < -0.3 is 10.1 Å². The Kier molecular flexibility index (Phi) is 7.81. The molecule has 0 aliphatic rings. The van der Waals surface area contributed by atoms with Crippen LogP contribution in [0.25, 0.3) is 0 Å². The summed E-state index contributed by atoms with van der Waals surface area (Å²) in [4.78, 5) is 12.3. The van der Waals surface area contributed by atoms with Gasteiger partial charge in [0.2, 0.25) is 15.9 Å². The van der Waals surface area contributed by atoms with E-state index in [9.17, 15) is 13.2 Å². The van der Waals surface area contributed by atoms with Gasteiger partial charge in [0.25, 0.3) is 0 Å². The molecular formula is C22H30N2O4S. The highest BCUT2D eigenvalue weighted by Gasteiger charge is 2.21. The lowest BCUT2D eigenvalue weighted by atomic mass is 9.86. The van der Waals surface area contributed by atoms with Crippen molar-refractivity contribution in [3.8, 4) is 5.75 Å². The van der Waals surface area contributed by atoms with Crippen LogP contribution in [0.2, 0.25) is 0 Å². The molecule has 0 saturated carbocycles. The Hall–Kier alpha value is -2.38. The fourth-order valence-corrected chi connectivity index (χ4v) is 3.59. The summed E-state index contributed by atoms with van der Waals surface area (Å²) in [5.41, 5.74) is 1.87. The topological polar surface area (TPSA) is 75.7 Å². The van der Waals surface area contributed by atoms with E-state index in [1.165, 1.54) is 0 Å². The zero-order chi connectivity index (χ0) is 21.5. The van der Waals surface area contributed by atoms with E-state index in [0.717, 1.165) is 27.4 Å². The summed E-state index contributed by atoms with van der Waals surface area (Å²) < 4.78 is 31.1. The highest BCUT2D eigenvalue weighted by Crippen LogP contribution is 2.30. The zero-order valence-corrected chi connectivity index (χ0v) is 18.3. The number of nitrogens with one attached hydrogen (secondary N) is 1. The molecule has 0 aliphatic carbocycles. The van der Waals surface area contributed by atoms with Crippen LogP contribution in [0.3, 0.4) is 0 Å². The largest absolute Gasteiger partial charge is 0.491 e. The number of sulfonamides is 1. The second-order valence-corrected chi connectivity index (χ2v) is 9.94. The molecule has 0 heterocycles. The second-order valence-electron chi connectivity index (χ2n) is 7.96. The lowest BCUT2D eigenvalue weighted by Crippen LogP contribution is -2.41.